The molecule has 0 heterocycles. The molecule has 0 atom stereocenters. The van der Waals surface area contributed by atoms with Gasteiger partial charge in [0.25, 0.3) is 0 Å². The minimum Gasteiger partial charge on any atom is -0.497 e. The Morgan fingerprint density at radius 3 is 2.48 bits per heavy atom. The summed E-state index contributed by atoms with van der Waals surface area (Å²) in [4.78, 5) is 12.3. The summed E-state index contributed by atoms with van der Waals surface area (Å²) in [5.74, 6) is 1.70. The van der Waals surface area contributed by atoms with Crippen molar-refractivity contribution in [2.75, 3.05) is 12.4 Å². The standard InChI is InChI=1S/C17H24BrNO2/c1-13-7-9-17(12-18,10-8-13)19-16(20)11-14-3-5-15(21-2)6-4-14/h3-6,13H,7-12H2,1-2H3,(H,19,20). The van der Waals surface area contributed by atoms with Crippen molar-refractivity contribution in [1.29, 1.82) is 0 Å². The lowest BCUT2D eigenvalue weighted by Crippen LogP contribution is -2.52. The molecule has 116 valence electrons. The summed E-state index contributed by atoms with van der Waals surface area (Å²) < 4.78 is 5.13. The van der Waals surface area contributed by atoms with E-state index < -0.39 is 0 Å². The summed E-state index contributed by atoms with van der Waals surface area (Å²) in [7, 11) is 1.64. The number of benzene rings is 1. The molecular formula is C17H24BrNO2. The molecular weight excluding hydrogens is 330 g/mol. The fourth-order valence-corrected chi connectivity index (χ4v) is 3.58. The van der Waals surface area contributed by atoms with Crippen LogP contribution in [0.1, 0.15) is 38.2 Å². The predicted molar refractivity (Wildman–Crippen MR) is 89.0 cm³/mol. The normalized spacial score (nSPS) is 25.4. The summed E-state index contributed by atoms with van der Waals surface area (Å²) in [6.07, 6.45) is 4.93. The molecule has 4 heteroatoms. The van der Waals surface area contributed by atoms with Gasteiger partial charge in [0.15, 0.2) is 0 Å². The quantitative estimate of drug-likeness (QED) is 0.819. The molecule has 1 aromatic rings. The summed E-state index contributed by atoms with van der Waals surface area (Å²) in [5, 5.41) is 4.10. The minimum atomic E-state index is -0.0595. The van der Waals surface area contributed by atoms with E-state index >= 15 is 0 Å². The van der Waals surface area contributed by atoms with Crippen LogP contribution in [0.5, 0.6) is 5.75 Å². The Bertz CT molecular complexity index is 464. The average molecular weight is 354 g/mol. The van der Waals surface area contributed by atoms with E-state index in [1.807, 2.05) is 24.3 Å². The van der Waals surface area contributed by atoms with Crippen LogP contribution in [0.3, 0.4) is 0 Å². The van der Waals surface area contributed by atoms with Crippen LogP contribution < -0.4 is 10.1 Å². The number of halogens is 1. The van der Waals surface area contributed by atoms with Gasteiger partial charge in [-0.25, -0.2) is 0 Å². The number of hydrogen-bond acceptors (Lipinski definition) is 2. The molecule has 1 saturated carbocycles. The first-order valence-electron chi connectivity index (χ1n) is 7.57. The van der Waals surface area contributed by atoms with E-state index in [1.165, 1.54) is 12.8 Å². The van der Waals surface area contributed by atoms with E-state index in [2.05, 4.69) is 28.2 Å². The molecule has 1 fully saturated rings. The number of ether oxygens (including phenoxy) is 1. The Morgan fingerprint density at radius 2 is 1.95 bits per heavy atom. The van der Waals surface area contributed by atoms with Gasteiger partial charge in [0, 0.05) is 10.9 Å². The molecule has 2 rings (SSSR count). The molecule has 0 spiro atoms. The van der Waals surface area contributed by atoms with Crippen LogP contribution in [0.4, 0.5) is 0 Å². The van der Waals surface area contributed by atoms with Crippen molar-refractivity contribution in [3.63, 3.8) is 0 Å². The van der Waals surface area contributed by atoms with Gasteiger partial charge in [-0.15, -0.1) is 0 Å². The molecule has 0 saturated heterocycles. The number of amides is 1. The van der Waals surface area contributed by atoms with Gasteiger partial charge >= 0.3 is 0 Å². The maximum atomic E-state index is 12.3. The van der Waals surface area contributed by atoms with E-state index in [9.17, 15) is 4.79 Å². The molecule has 0 aliphatic heterocycles. The van der Waals surface area contributed by atoms with Gasteiger partial charge in [0.1, 0.15) is 5.75 Å². The third-order valence-electron chi connectivity index (χ3n) is 4.42. The first-order chi connectivity index (χ1) is 10.1. The van der Waals surface area contributed by atoms with Gasteiger partial charge < -0.3 is 10.1 Å². The van der Waals surface area contributed by atoms with Crippen LogP contribution in [0.15, 0.2) is 24.3 Å². The van der Waals surface area contributed by atoms with E-state index in [0.717, 1.165) is 35.4 Å². The molecule has 1 N–H and O–H groups in total. The summed E-state index contributed by atoms with van der Waals surface area (Å²) in [5.41, 5.74) is 0.956. The Morgan fingerprint density at radius 1 is 1.33 bits per heavy atom. The van der Waals surface area contributed by atoms with Gasteiger partial charge in [-0.3, -0.25) is 4.79 Å². The second kappa shape index (κ2) is 7.30. The summed E-state index contributed by atoms with van der Waals surface area (Å²) in [6.45, 7) is 2.29. The van der Waals surface area contributed by atoms with Gasteiger partial charge in [-0.1, -0.05) is 35.0 Å². The smallest absolute Gasteiger partial charge is 0.224 e. The topological polar surface area (TPSA) is 38.3 Å². The third-order valence-corrected chi connectivity index (χ3v) is 5.49. The van der Waals surface area contributed by atoms with E-state index in [0.29, 0.717) is 6.42 Å². The Kier molecular flexibility index (Phi) is 5.68. The molecule has 0 bridgehead atoms. The van der Waals surface area contributed by atoms with E-state index in [1.54, 1.807) is 7.11 Å². The lowest BCUT2D eigenvalue weighted by atomic mass is 9.78. The Hall–Kier alpha value is -1.03. The van der Waals surface area contributed by atoms with Crippen LogP contribution in [0.2, 0.25) is 0 Å². The summed E-state index contributed by atoms with van der Waals surface area (Å²) >= 11 is 3.59. The first kappa shape index (κ1) is 16.3. The molecule has 3 nitrogen and oxygen atoms in total. The highest BCUT2D eigenvalue weighted by Crippen LogP contribution is 2.33. The van der Waals surface area contributed by atoms with Crippen LogP contribution >= 0.6 is 15.9 Å². The van der Waals surface area contributed by atoms with Crippen molar-refractivity contribution < 1.29 is 9.53 Å². The molecule has 0 radical (unpaired) electrons. The fourth-order valence-electron chi connectivity index (χ4n) is 2.88. The molecule has 1 aromatic carbocycles. The molecule has 0 aromatic heterocycles. The zero-order valence-corrected chi connectivity index (χ0v) is 14.4. The number of alkyl halides is 1. The largest absolute Gasteiger partial charge is 0.497 e. The number of carbonyl (C=O) groups is 1. The van der Waals surface area contributed by atoms with Crippen LogP contribution in [-0.4, -0.2) is 23.9 Å². The number of hydrogen-bond donors (Lipinski definition) is 1. The lowest BCUT2D eigenvalue weighted by molar-refractivity contribution is -0.122. The highest BCUT2D eigenvalue weighted by Gasteiger charge is 2.34. The SMILES string of the molecule is COc1ccc(CC(=O)NC2(CBr)CCC(C)CC2)cc1. The number of nitrogens with one attached hydrogen (secondary N) is 1. The van der Waals surface area contributed by atoms with Crippen molar-refractivity contribution in [3.05, 3.63) is 29.8 Å². The van der Waals surface area contributed by atoms with Gasteiger partial charge in [-0.05, 0) is 49.3 Å². The third kappa shape index (κ3) is 4.47. The zero-order chi connectivity index (χ0) is 15.3. The number of rotatable bonds is 5. The van der Waals surface area contributed by atoms with E-state index in [-0.39, 0.29) is 11.4 Å². The first-order valence-corrected chi connectivity index (χ1v) is 8.69. The second-order valence-electron chi connectivity index (χ2n) is 6.17. The molecule has 21 heavy (non-hydrogen) atoms. The Labute approximate surface area is 135 Å². The molecule has 1 aliphatic rings. The summed E-state index contributed by atoms with van der Waals surface area (Å²) in [6, 6.07) is 7.68. The highest BCUT2D eigenvalue weighted by atomic mass is 79.9. The molecule has 1 amide bonds. The van der Waals surface area contributed by atoms with Crippen molar-refractivity contribution in [1.82, 2.24) is 5.32 Å². The maximum absolute atomic E-state index is 12.3. The lowest BCUT2D eigenvalue weighted by Gasteiger charge is -2.39. The van der Waals surface area contributed by atoms with Crippen molar-refractivity contribution in [3.8, 4) is 5.75 Å². The van der Waals surface area contributed by atoms with Gasteiger partial charge in [0.2, 0.25) is 5.91 Å². The number of carbonyl (C=O) groups excluding carboxylic acids is 1. The molecule has 0 unspecified atom stereocenters. The van der Waals surface area contributed by atoms with Crippen molar-refractivity contribution in [2.24, 2.45) is 5.92 Å². The van der Waals surface area contributed by atoms with Gasteiger partial charge in [-0.2, -0.15) is 0 Å². The average Bonchev–Trinajstić information content (AvgIpc) is 2.50. The zero-order valence-electron chi connectivity index (χ0n) is 12.8. The van der Waals surface area contributed by atoms with Crippen LogP contribution in [0.25, 0.3) is 0 Å². The fraction of sp³-hybridized carbons (Fsp3) is 0.588. The van der Waals surface area contributed by atoms with Crippen LogP contribution in [0, 0.1) is 5.92 Å². The maximum Gasteiger partial charge on any atom is 0.224 e. The van der Waals surface area contributed by atoms with Crippen molar-refractivity contribution >= 4 is 21.8 Å². The molecule has 1 aliphatic carbocycles. The van der Waals surface area contributed by atoms with Crippen molar-refractivity contribution in [2.45, 2.75) is 44.6 Å². The number of methoxy groups -OCH3 is 1. The highest BCUT2D eigenvalue weighted by molar-refractivity contribution is 9.09. The van der Waals surface area contributed by atoms with Crippen LogP contribution in [-0.2, 0) is 11.2 Å². The monoisotopic (exact) mass is 353 g/mol. The minimum absolute atomic E-state index is 0.0595. The Balaban J connectivity index is 1.93. The predicted octanol–water partition coefficient (Wildman–Crippen LogP) is 3.70. The second-order valence-corrected chi connectivity index (χ2v) is 6.73. The van der Waals surface area contributed by atoms with Gasteiger partial charge in [0.05, 0.1) is 13.5 Å². The van der Waals surface area contributed by atoms with E-state index in [4.69, 9.17) is 4.74 Å².